The van der Waals surface area contributed by atoms with Gasteiger partial charge >= 0.3 is 0 Å². The number of carbonyl (C=O) groups excluding carboxylic acids is 1. The SMILES string of the molecule is C=CCN(Cc1ccccc1F)C(=O)C1CNC1.Cl. The predicted octanol–water partition coefficient (Wildman–Crippen LogP) is 1.98. The number of hydrogen-bond donors (Lipinski definition) is 1. The monoisotopic (exact) mass is 284 g/mol. The molecule has 0 spiro atoms. The van der Waals surface area contributed by atoms with E-state index < -0.39 is 0 Å². The van der Waals surface area contributed by atoms with Gasteiger partial charge in [-0.2, -0.15) is 0 Å². The number of hydrogen-bond acceptors (Lipinski definition) is 2. The summed E-state index contributed by atoms with van der Waals surface area (Å²) < 4.78 is 13.6. The van der Waals surface area contributed by atoms with Crippen molar-refractivity contribution in [1.82, 2.24) is 10.2 Å². The van der Waals surface area contributed by atoms with Gasteiger partial charge in [0.2, 0.25) is 5.91 Å². The molecule has 1 aromatic carbocycles. The van der Waals surface area contributed by atoms with Crippen LogP contribution in [0.1, 0.15) is 5.56 Å². The first-order valence-electron chi connectivity index (χ1n) is 6.06. The van der Waals surface area contributed by atoms with Crippen LogP contribution >= 0.6 is 12.4 Å². The van der Waals surface area contributed by atoms with E-state index in [4.69, 9.17) is 0 Å². The smallest absolute Gasteiger partial charge is 0.228 e. The standard InChI is InChI=1S/C14H17FN2O.ClH/c1-2-7-17(14(18)12-8-16-9-12)10-11-5-3-4-6-13(11)15;/h2-6,12,16H,1,7-10H2;1H. The summed E-state index contributed by atoms with van der Waals surface area (Å²) in [7, 11) is 0. The molecule has 1 heterocycles. The average molecular weight is 285 g/mol. The highest BCUT2D eigenvalue weighted by atomic mass is 35.5. The van der Waals surface area contributed by atoms with Crippen molar-refractivity contribution in [2.75, 3.05) is 19.6 Å². The molecule has 1 aliphatic heterocycles. The Balaban J connectivity index is 0.00000180. The molecule has 104 valence electrons. The van der Waals surface area contributed by atoms with Crippen LogP contribution in [-0.2, 0) is 11.3 Å². The van der Waals surface area contributed by atoms with Gasteiger partial charge in [-0.15, -0.1) is 19.0 Å². The van der Waals surface area contributed by atoms with Crippen molar-refractivity contribution in [3.8, 4) is 0 Å². The zero-order valence-electron chi connectivity index (χ0n) is 10.6. The first-order chi connectivity index (χ1) is 8.72. The normalized spacial score (nSPS) is 14.2. The van der Waals surface area contributed by atoms with Crippen molar-refractivity contribution in [3.63, 3.8) is 0 Å². The molecule has 2 rings (SSSR count). The van der Waals surface area contributed by atoms with E-state index in [2.05, 4.69) is 11.9 Å². The third-order valence-corrected chi connectivity index (χ3v) is 3.11. The number of rotatable bonds is 5. The second-order valence-corrected chi connectivity index (χ2v) is 4.45. The van der Waals surface area contributed by atoms with Crippen LogP contribution in [0.4, 0.5) is 4.39 Å². The molecule has 0 aromatic heterocycles. The maximum absolute atomic E-state index is 13.6. The summed E-state index contributed by atoms with van der Waals surface area (Å²) in [6.07, 6.45) is 1.67. The lowest BCUT2D eigenvalue weighted by molar-refractivity contribution is -0.137. The van der Waals surface area contributed by atoms with Gasteiger partial charge in [-0.05, 0) is 6.07 Å². The van der Waals surface area contributed by atoms with Crippen LogP contribution < -0.4 is 5.32 Å². The Morgan fingerprint density at radius 2 is 2.16 bits per heavy atom. The lowest BCUT2D eigenvalue weighted by atomic mass is 10.0. The molecule has 0 atom stereocenters. The van der Waals surface area contributed by atoms with Gasteiger partial charge in [0.15, 0.2) is 0 Å². The molecule has 0 unspecified atom stereocenters. The highest BCUT2D eigenvalue weighted by Crippen LogP contribution is 2.14. The largest absolute Gasteiger partial charge is 0.334 e. The molecule has 1 N–H and O–H groups in total. The molecule has 1 saturated heterocycles. The number of nitrogens with one attached hydrogen (secondary N) is 1. The van der Waals surface area contributed by atoms with Crippen LogP contribution in [0.2, 0.25) is 0 Å². The Morgan fingerprint density at radius 1 is 1.47 bits per heavy atom. The van der Waals surface area contributed by atoms with Gasteiger partial charge in [0.05, 0.1) is 5.92 Å². The van der Waals surface area contributed by atoms with Crippen LogP contribution in [0.5, 0.6) is 0 Å². The minimum absolute atomic E-state index is 0. The Kier molecular flexibility index (Phi) is 5.99. The van der Waals surface area contributed by atoms with Gasteiger partial charge < -0.3 is 10.2 Å². The molecule has 1 aliphatic rings. The van der Waals surface area contributed by atoms with Crippen LogP contribution in [0.3, 0.4) is 0 Å². The van der Waals surface area contributed by atoms with Crippen LogP contribution in [-0.4, -0.2) is 30.4 Å². The van der Waals surface area contributed by atoms with Crippen LogP contribution in [0.15, 0.2) is 36.9 Å². The van der Waals surface area contributed by atoms with Gasteiger partial charge in [-0.25, -0.2) is 4.39 Å². The maximum atomic E-state index is 13.6. The Morgan fingerprint density at radius 3 is 2.68 bits per heavy atom. The topological polar surface area (TPSA) is 32.3 Å². The zero-order valence-corrected chi connectivity index (χ0v) is 11.5. The number of amides is 1. The van der Waals surface area contributed by atoms with Gasteiger partial charge in [-0.1, -0.05) is 24.3 Å². The molecule has 0 aliphatic carbocycles. The quantitative estimate of drug-likeness (QED) is 0.839. The van der Waals surface area contributed by atoms with Crippen molar-refractivity contribution in [2.24, 2.45) is 5.92 Å². The fraction of sp³-hybridized carbons (Fsp3) is 0.357. The summed E-state index contributed by atoms with van der Waals surface area (Å²) in [5.74, 6) is -0.181. The van der Waals surface area contributed by atoms with Crippen molar-refractivity contribution in [2.45, 2.75) is 6.54 Å². The van der Waals surface area contributed by atoms with E-state index in [9.17, 15) is 9.18 Å². The lowest BCUT2D eigenvalue weighted by Crippen LogP contribution is -2.51. The number of halogens is 2. The van der Waals surface area contributed by atoms with E-state index >= 15 is 0 Å². The fourth-order valence-electron chi connectivity index (χ4n) is 1.94. The summed E-state index contributed by atoms with van der Waals surface area (Å²) in [5, 5.41) is 3.07. The van der Waals surface area contributed by atoms with E-state index in [-0.39, 0.29) is 30.0 Å². The molecular weight excluding hydrogens is 267 g/mol. The second kappa shape index (κ2) is 7.26. The Bertz CT molecular complexity index is 449. The van der Waals surface area contributed by atoms with Gasteiger partial charge in [0.25, 0.3) is 0 Å². The molecule has 0 saturated carbocycles. The van der Waals surface area contributed by atoms with E-state index in [1.807, 2.05) is 0 Å². The van der Waals surface area contributed by atoms with E-state index in [1.165, 1.54) is 6.07 Å². The molecule has 3 nitrogen and oxygen atoms in total. The summed E-state index contributed by atoms with van der Waals surface area (Å²) >= 11 is 0. The molecule has 5 heteroatoms. The molecule has 19 heavy (non-hydrogen) atoms. The van der Waals surface area contributed by atoms with Crippen molar-refractivity contribution in [1.29, 1.82) is 0 Å². The Hall–Kier alpha value is -1.39. The summed E-state index contributed by atoms with van der Waals surface area (Å²) in [4.78, 5) is 13.8. The summed E-state index contributed by atoms with van der Waals surface area (Å²) in [5.41, 5.74) is 0.542. The van der Waals surface area contributed by atoms with Crippen molar-refractivity contribution < 1.29 is 9.18 Å². The van der Waals surface area contributed by atoms with Gasteiger partial charge in [0.1, 0.15) is 5.82 Å². The molecule has 1 fully saturated rings. The first kappa shape index (κ1) is 15.7. The van der Waals surface area contributed by atoms with E-state index in [1.54, 1.807) is 29.2 Å². The van der Waals surface area contributed by atoms with E-state index in [0.29, 0.717) is 31.7 Å². The Labute approximate surface area is 118 Å². The molecule has 1 amide bonds. The highest BCUT2D eigenvalue weighted by molar-refractivity contribution is 5.85. The summed E-state index contributed by atoms with van der Waals surface area (Å²) in [6, 6.07) is 6.54. The van der Waals surface area contributed by atoms with Crippen molar-refractivity contribution >= 4 is 18.3 Å². The minimum atomic E-state index is -0.272. The minimum Gasteiger partial charge on any atom is -0.334 e. The third kappa shape index (κ3) is 3.78. The van der Waals surface area contributed by atoms with Gasteiger partial charge in [-0.3, -0.25) is 4.79 Å². The maximum Gasteiger partial charge on any atom is 0.228 e. The molecular formula is C14H18ClFN2O. The zero-order chi connectivity index (χ0) is 13.0. The first-order valence-corrected chi connectivity index (χ1v) is 6.06. The number of nitrogens with zero attached hydrogens (tertiary/aromatic N) is 1. The predicted molar refractivity (Wildman–Crippen MR) is 75.6 cm³/mol. The lowest BCUT2D eigenvalue weighted by Gasteiger charge is -2.32. The highest BCUT2D eigenvalue weighted by Gasteiger charge is 2.29. The van der Waals surface area contributed by atoms with Gasteiger partial charge in [0, 0.05) is 31.7 Å². The van der Waals surface area contributed by atoms with Crippen LogP contribution in [0.25, 0.3) is 0 Å². The third-order valence-electron chi connectivity index (χ3n) is 3.11. The molecule has 0 bridgehead atoms. The number of benzene rings is 1. The van der Waals surface area contributed by atoms with E-state index in [0.717, 1.165) is 0 Å². The average Bonchev–Trinajstić information content (AvgIpc) is 2.29. The molecule has 1 aromatic rings. The molecule has 0 radical (unpaired) electrons. The second-order valence-electron chi connectivity index (χ2n) is 4.45. The summed E-state index contributed by atoms with van der Waals surface area (Å²) in [6.45, 7) is 5.82. The fourth-order valence-corrected chi connectivity index (χ4v) is 1.94. The van der Waals surface area contributed by atoms with Crippen LogP contribution in [0, 0.1) is 11.7 Å². The number of carbonyl (C=O) groups is 1. The van der Waals surface area contributed by atoms with Crippen molar-refractivity contribution in [3.05, 3.63) is 48.3 Å².